The highest BCUT2D eigenvalue weighted by Crippen LogP contribution is 2.23. The fourth-order valence-electron chi connectivity index (χ4n) is 1.47. The van der Waals surface area contributed by atoms with Crippen LogP contribution in [0.3, 0.4) is 0 Å². The molecule has 1 unspecified atom stereocenters. The van der Waals surface area contributed by atoms with E-state index in [2.05, 4.69) is 41.8 Å². The number of nitrogens with zero attached hydrogens (tertiary/aromatic N) is 1. The van der Waals surface area contributed by atoms with Gasteiger partial charge in [-0.25, -0.2) is 4.98 Å². The summed E-state index contributed by atoms with van der Waals surface area (Å²) in [5.74, 6) is 0.0504. The Bertz CT molecular complexity index is 409. The van der Waals surface area contributed by atoms with Crippen LogP contribution in [-0.4, -0.2) is 23.5 Å². The summed E-state index contributed by atoms with van der Waals surface area (Å²) in [6.07, 6.45) is 0.958. The maximum atomic E-state index is 11.7. The third kappa shape index (κ3) is 5.28. The van der Waals surface area contributed by atoms with E-state index in [1.807, 2.05) is 13.8 Å². The van der Waals surface area contributed by atoms with Crippen LogP contribution in [0.2, 0.25) is 0 Å². The molecule has 1 heterocycles. The molecule has 4 nitrogen and oxygen atoms in total. The first-order chi connectivity index (χ1) is 8.84. The molecule has 0 aliphatic rings. The first kappa shape index (κ1) is 16.1. The molecular weight excluding hydrogens is 258 g/mol. The van der Waals surface area contributed by atoms with E-state index in [0.717, 1.165) is 23.7 Å². The Morgan fingerprint density at radius 3 is 2.68 bits per heavy atom. The second kappa shape index (κ2) is 7.01. The minimum Gasteiger partial charge on any atom is -0.355 e. The second-order valence-corrected chi connectivity index (χ2v) is 6.71. The van der Waals surface area contributed by atoms with Crippen molar-refractivity contribution in [2.45, 2.75) is 59.0 Å². The molecule has 0 aliphatic heterocycles. The van der Waals surface area contributed by atoms with Gasteiger partial charge in [0.15, 0.2) is 0 Å². The summed E-state index contributed by atoms with van der Waals surface area (Å²) in [5, 5.41) is 9.21. The van der Waals surface area contributed by atoms with Crippen molar-refractivity contribution in [2.75, 3.05) is 6.54 Å². The smallest absolute Gasteiger partial charge is 0.236 e. The summed E-state index contributed by atoms with van der Waals surface area (Å²) >= 11 is 1.64. The second-order valence-electron chi connectivity index (χ2n) is 5.77. The van der Waals surface area contributed by atoms with E-state index < -0.39 is 0 Å². The third-order valence-electron chi connectivity index (χ3n) is 2.82. The van der Waals surface area contributed by atoms with Gasteiger partial charge in [0.05, 0.1) is 11.7 Å². The Kier molecular flexibility index (Phi) is 5.94. The summed E-state index contributed by atoms with van der Waals surface area (Å²) in [5.41, 5.74) is 1.19. The largest absolute Gasteiger partial charge is 0.355 e. The van der Waals surface area contributed by atoms with Crippen molar-refractivity contribution in [3.8, 4) is 0 Å². The molecule has 0 aliphatic carbocycles. The number of hydrogen-bond donors (Lipinski definition) is 2. The van der Waals surface area contributed by atoms with Crippen molar-refractivity contribution in [1.29, 1.82) is 0 Å². The highest BCUT2D eigenvalue weighted by atomic mass is 32.1. The number of hydrogen-bond acceptors (Lipinski definition) is 4. The molecular formula is C14H25N3OS. The van der Waals surface area contributed by atoms with Gasteiger partial charge in [-0.1, -0.05) is 27.7 Å². The van der Waals surface area contributed by atoms with Gasteiger partial charge in [0.25, 0.3) is 0 Å². The molecule has 2 N–H and O–H groups in total. The summed E-state index contributed by atoms with van der Waals surface area (Å²) in [7, 11) is 0. The van der Waals surface area contributed by atoms with Gasteiger partial charge in [-0.15, -0.1) is 11.3 Å². The highest BCUT2D eigenvalue weighted by Gasteiger charge is 2.18. The van der Waals surface area contributed by atoms with Crippen LogP contribution in [0.4, 0.5) is 0 Å². The highest BCUT2D eigenvalue weighted by molar-refractivity contribution is 7.09. The van der Waals surface area contributed by atoms with Gasteiger partial charge in [0, 0.05) is 23.9 Å². The van der Waals surface area contributed by atoms with E-state index in [0.29, 0.717) is 6.54 Å². The number of rotatable bonds is 6. The third-order valence-corrected chi connectivity index (χ3v) is 3.67. The van der Waals surface area contributed by atoms with Gasteiger partial charge in [0.2, 0.25) is 5.91 Å². The number of amides is 1. The molecule has 1 aromatic rings. The van der Waals surface area contributed by atoms with Crippen LogP contribution in [0.5, 0.6) is 0 Å². The molecule has 1 amide bonds. The Hall–Kier alpha value is -0.940. The minimum atomic E-state index is -0.187. The van der Waals surface area contributed by atoms with Crippen LogP contribution < -0.4 is 10.6 Å². The van der Waals surface area contributed by atoms with Crippen molar-refractivity contribution in [2.24, 2.45) is 0 Å². The van der Waals surface area contributed by atoms with E-state index in [1.54, 1.807) is 11.3 Å². The van der Waals surface area contributed by atoms with Crippen molar-refractivity contribution in [3.63, 3.8) is 0 Å². The molecule has 1 rings (SSSR count). The Balaban J connectivity index is 2.44. The first-order valence-electron chi connectivity index (χ1n) is 6.80. The Morgan fingerprint density at radius 1 is 1.47 bits per heavy atom. The number of thiazole rings is 1. The topological polar surface area (TPSA) is 54.0 Å². The standard InChI is InChI=1S/C14H25N3OS/c1-6-7-15-13(18)10(2)16-8-12-17-11(9-19-12)14(3,4)5/h9-10,16H,6-8H2,1-5H3,(H,15,18). The molecule has 19 heavy (non-hydrogen) atoms. The van der Waals surface area contributed by atoms with Crippen LogP contribution in [0.1, 0.15) is 51.7 Å². The number of aromatic nitrogens is 1. The van der Waals surface area contributed by atoms with Crippen LogP contribution in [-0.2, 0) is 16.8 Å². The lowest BCUT2D eigenvalue weighted by molar-refractivity contribution is -0.122. The summed E-state index contributed by atoms with van der Waals surface area (Å²) in [6, 6.07) is -0.187. The first-order valence-corrected chi connectivity index (χ1v) is 7.68. The number of carbonyl (C=O) groups is 1. The van der Waals surface area contributed by atoms with Crippen molar-refractivity contribution in [1.82, 2.24) is 15.6 Å². The van der Waals surface area contributed by atoms with Gasteiger partial charge in [0.1, 0.15) is 5.01 Å². The fraction of sp³-hybridized carbons (Fsp3) is 0.714. The lowest BCUT2D eigenvalue weighted by Gasteiger charge is -2.14. The maximum absolute atomic E-state index is 11.7. The molecule has 1 atom stereocenters. The van der Waals surface area contributed by atoms with Crippen LogP contribution in [0, 0.1) is 0 Å². The average Bonchev–Trinajstić information content (AvgIpc) is 2.81. The predicted molar refractivity (Wildman–Crippen MR) is 80.4 cm³/mol. The molecule has 0 fully saturated rings. The van der Waals surface area contributed by atoms with Gasteiger partial charge >= 0.3 is 0 Å². The SMILES string of the molecule is CCCNC(=O)C(C)NCc1nc(C(C)(C)C)cs1. The quantitative estimate of drug-likeness (QED) is 0.843. The fourth-order valence-corrected chi connectivity index (χ4v) is 2.44. The Labute approximate surface area is 120 Å². The molecule has 5 heteroatoms. The molecule has 108 valence electrons. The zero-order valence-electron chi connectivity index (χ0n) is 12.5. The van der Waals surface area contributed by atoms with Crippen LogP contribution in [0.25, 0.3) is 0 Å². The molecule has 0 saturated carbocycles. The van der Waals surface area contributed by atoms with Crippen molar-refractivity contribution >= 4 is 17.2 Å². The van der Waals surface area contributed by atoms with E-state index >= 15 is 0 Å². The van der Waals surface area contributed by atoms with Crippen molar-refractivity contribution < 1.29 is 4.79 Å². The summed E-state index contributed by atoms with van der Waals surface area (Å²) in [6.45, 7) is 11.8. The van der Waals surface area contributed by atoms with Crippen LogP contribution >= 0.6 is 11.3 Å². The van der Waals surface area contributed by atoms with E-state index in [-0.39, 0.29) is 17.4 Å². The normalized spacial score (nSPS) is 13.3. The van der Waals surface area contributed by atoms with E-state index in [1.165, 1.54) is 0 Å². The molecule has 0 saturated heterocycles. The van der Waals surface area contributed by atoms with E-state index in [9.17, 15) is 4.79 Å². The van der Waals surface area contributed by atoms with E-state index in [4.69, 9.17) is 0 Å². The minimum absolute atomic E-state index is 0.0504. The monoisotopic (exact) mass is 283 g/mol. The maximum Gasteiger partial charge on any atom is 0.236 e. The molecule has 0 aromatic carbocycles. The number of nitrogens with one attached hydrogen (secondary N) is 2. The molecule has 1 aromatic heterocycles. The zero-order chi connectivity index (χ0) is 14.5. The molecule has 0 spiro atoms. The summed E-state index contributed by atoms with van der Waals surface area (Å²) in [4.78, 5) is 16.3. The lowest BCUT2D eigenvalue weighted by Crippen LogP contribution is -2.42. The zero-order valence-corrected chi connectivity index (χ0v) is 13.4. The van der Waals surface area contributed by atoms with Crippen molar-refractivity contribution in [3.05, 3.63) is 16.1 Å². The van der Waals surface area contributed by atoms with Gasteiger partial charge < -0.3 is 5.32 Å². The van der Waals surface area contributed by atoms with Crippen LogP contribution in [0.15, 0.2) is 5.38 Å². The predicted octanol–water partition coefficient (Wildman–Crippen LogP) is 2.44. The Morgan fingerprint density at radius 2 is 2.16 bits per heavy atom. The molecule has 0 bridgehead atoms. The average molecular weight is 283 g/mol. The summed E-state index contributed by atoms with van der Waals surface area (Å²) < 4.78 is 0. The van der Waals surface area contributed by atoms with Gasteiger partial charge in [-0.2, -0.15) is 0 Å². The molecule has 0 radical (unpaired) electrons. The van der Waals surface area contributed by atoms with Gasteiger partial charge in [-0.05, 0) is 13.3 Å². The lowest BCUT2D eigenvalue weighted by atomic mass is 9.93. The van der Waals surface area contributed by atoms with Gasteiger partial charge in [-0.3, -0.25) is 10.1 Å². The number of carbonyl (C=O) groups excluding carboxylic acids is 1.